The summed E-state index contributed by atoms with van der Waals surface area (Å²) in [6.45, 7) is 3.17. The number of pyridine rings is 1. The van der Waals surface area contributed by atoms with E-state index in [2.05, 4.69) is 15.6 Å². The van der Waals surface area contributed by atoms with Gasteiger partial charge in [0.1, 0.15) is 6.61 Å². The second-order valence-electron chi connectivity index (χ2n) is 8.75. The summed E-state index contributed by atoms with van der Waals surface area (Å²) in [5, 5.41) is 6.08. The van der Waals surface area contributed by atoms with Gasteiger partial charge in [0.05, 0.1) is 5.54 Å². The van der Waals surface area contributed by atoms with Gasteiger partial charge in [-0.1, -0.05) is 60.7 Å². The quantitative estimate of drug-likeness (QED) is 0.388. The zero-order valence-electron chi connectivity index (χ0n) is 20.4. The lowest BCUT2D eigenvalue weighted by Gasteiger charge is -2.33. The Bertz CT molecular complexity index is 1050. The Labute approximate surface area is 207 Å². The maximum absolute atomic E-state index is 12.7. The van der Waals surface area contributed by atoms with Gasteiger partial charge < -0.3 is 20.3 Å². The third kappa shape index (κ3) is 8.45. The summed E-state index contributed by atoms with van der Waals surface area (Å²) in [5.74, 6) is 0. The van der Waals surface area contributed by atoms with Crippen molar-refractivity contribution in [2.45, 2.75) is 38.3 Å². The van der Waals surface area contributed by atoms with Crippen molar-refractivity contribution in [2.24, 2.45) is 0 Å². The number of benzene rings is 2. The van der Waals surface area contributed by atoms with E-state index >= 15 is 0 Å². The van der Waals surface area contributed by atoms with E-state index < -0.39 is 11.6 Å². The molecule has 0 spiro atoms. The third-order valence-electron chi connectivity index (χ3n) is 5.94. The highest BCUT2D eigenvalue weighted by Gasteiger charge is 2.29. The molecule has 0 aliphatic carbocycles. The van der Waals surface area contributed by atoms with Crippen LogP contribution in [-0.4, -0.2) is 42.1 Å². The molecule has 7 nitrogen and oxygen atoms in total. The summed E-state index contributed by atoms with van der Waals surface area (Å²) >= 11 is 0. The van der Waals surface area contributed by atoms with E-state index in [9.17, 15) is 9.59 Å². The van der Waals surface area contributed by atoms with Crippen LogP contribution in [0.15, 0.2) is 85.2 Å². The molecule has 7 heteroatoms. The normalized spacial score (nSPS) is 12.3. The predicted octanol–water partition coefficient (Wildman–Crippen LogP) is 4.89. The van der Waals surface area contributed by atoms with Crippen molar-refractivity contribution < 1.29 is 14.3 Å². The van der Waals surface area contributed by atoms with Gasteiger partial charge in [-0.2, -0.15) is 0 Å². The monoisotopic (exact) mass is 474 g/mol. The Balaban J connectivity index is 1.52. The summed E-state index contributed by atoms with van der Waals surface area (Å²) in [4.78, 5) is 30.8. The molecule has 1 heterocycles. The number of carbonyl (C=O) groups is 2. The average molecular weight is 475 g/mol. The van der Waals surface area contributed by atoms with E-state index in [4.69, 9.17) is 4.74 Å². The maximum atomic E-state index is 12.7. The lowest BCUT2D eigenvalue weighted by Crippen LogP contribution is -2.50. The van der Waals surface area contributed by atoms with Crippen LogP contribution in [0.2, 0.25) is 0 Å². The van der Waals surface area contributed by atoms with E-state index in [1.54, 1.807) is 24.3 Å². The van der Waals surface area contributed by atoms with Gasteiger partial charge in [-0.15, -0.1) is 0 Å². The van der Waals surface area contributed by atoms with Crippen LogP contribution >= 0.6 is 0 Å². The van der Waals surface area contributed by atoms with Gasteiger partial charge in [0.15, 0.2) is 0 Å². The number of ether oxygens (including phenoxy) is 1. The van der Waals surface area contributed by atoms with Crippen LogP contribution in [0.25, 0.3) is 0 Å². The highest BCUT2D eigenvalue weighted by molar-refractivity contribution is 5.75. The van der Waals surface area contributed by atoms with Crippen LogP contribution in [0, 0.1) is 0 Å². The molecule has 0 saturated heterocycles. The minimum absolute atomic E-state index is 0.222. The van der Waals surface area contributed by atoms with Crippen molar-refractivity contribution in [3.05, 3.63) is 102 Å². The van der Waals surface area contributed by atoms with E-state index in [0.717, 1.165) is 24.0 Å². The highest BCUT2D eigenvalue weighted by Crippen LogP contribution is 2.25. The number of aryl methyl sites for hydroxylation is 1. The summed E-state index contributed by atoms with van der Waals surface area (Å²) in [6, 6.07) is 23.1. The number of aromatic nitrogens is 1. The molecule has 2 aromatic carbocycles. The minimum Gasteiger partial charge on any atom is -0.445 e. The molecule has 3 amide bonds. The van der Waals surface area contributed by atoms with Gasteiger partial charge in [-0.05, 0) is 55.0 Å². The molecule has 35 heavy (non-hydrogen) atoms. The van der Waals surface area contributed by atoms with Crippen molar-refractivity contribution >= 4 is 12.1 Å². The van der Waals surface area contributed by atoms with E-state index in [0.29, 0.717) is 19.5 Å². The van der Waals surface area contributed by atoms with Crippen molar-refractivity contribution in [3.63, 3.8) is 0 Å². The zero-order valence-corrected chi connectivity index (χ0v) is 20.4. The first kappa shape index (κ1) is 25.7. The first-order chi connectivity index (χ1) is 17.0. The van der Waals surface area contributed by atoms with Crippen LogP contribution in [0.3, 0.4) is 0 Å². The number of urea groups is 1. The van der Waals surface area contributed by atoms with Crippen molar-refractivity contribution in [1.29, 1.82) is 0 Å². The van der Waals surface area contributed by atoms with Gasteiger partial charge in [0, 0.05) is 32.5 Å². The van der Waals surface area contributed by atoms with Crippen molar-refractivity contribution in [1.82, 2.24) is 20.5 Å². The number of nitrogens with zero attached hydrogens (tertiary/aromatic N) is 2. The maximum Gasteiger partial charge on any atom is 0.409 e. The van der Waals surface area contributed by atoms with Crippen LogP contribution in [-0.2, 0) is 23.3 Å². The third-order valence-corrected chi connectivity index (χ3v) is 5.94. The summed E-state index contributed by atoms with van der Waals surface area (Å²) in [5.41, 5.74) is 2.44. The average Bonchev–Trinajstić information content (AvgIpc) is 2.90. The SMILES string of the molecule is CN(CCC(C)(NC(=O)NCCCc1ccncc1)c1ccccc1)C(=O)OCc1ccccc1. The number of nitrogens with one attached hydrogen (secondary N) is 2. The topological polar surface area (TPSA) is 83.6 Å². The fourth-order valence-corrected chi connectivity index (χ4v) is 3.74. The molecule has 0 aliphatic rings. The second kappa shape index (κ2) is 13.1. The van der Waals surface area contributed by atoms with Gasteiger partial charge in [0.25, 0.3) is 0 Å². The predicted molar refractivity (Wildman–Crippen MR) is 137 cm³/mol. The first-order valence-electron chi connectivity index (χ1n) is 11.9. The minimum atomic E-state index is -0.662. The molecule has 0 bridgehead atoms. The molecule has 0 radical (unpaired) electrons. The van der Waals surface area contributed by atoms with Gasteiger partial charge in [-0.3, -0.25) is 4.98 Å². The fraction of sp³-hybridized carbons (Fsp3) is 0.321. The lowest BCUT2D eigenvalue weighted by atomic mass is 9.88. The number of carbonyl (C=O) groups excluding carboxylic acids is 2. The Morgan fingerprint density at radius 3 is 2.29 bits per heavy atom. The molecule has 1 unspecified atom stereocenters. The summed E-state index contributed by atoms with van der Waals surface area (Å²) in [7, 11) is 1.71. The Morgan fingerprint density at radius 1 is 0.943 bits per heavy atom. The Kier molecular flexibility index (Phi) is 9.66. The molecule has 0 fully saturated rings. The van der Waals surface area contributed by atoms with Gasteiger partial charge in [-0.25, -0.2) is 9.59 Å². The van der Waals surface area contributed by atoms with Crippen LogP contribution < -0.4 is 10.6 Å². The number of amides is 3. The molecule has 1 atom stereocenters. The second-order valence-corrected chi connectivity index (χ2v) is 8.75. The molecule has 2 N–H and O–H groups in total. The van der Waals surface area contributed by atoms with Crippen LogP contribution in [0.5, 0.6) is 0 Å². The molecule has 0 saturated carbocycles. The standard InChI is InChI=1S/C28H34N4O3/c1-28(25-13-7-4-8-14-25,31-26(33)30-18-9-12-23-15-19-29-20-16-23)17-21-32(2)27(34)35-22-24-10-5-3-6-11-24/h3-8,10-11,13-16,19-20H,9,12,17-18,21-22H2,1-2H3,(H2,30,31,33). The van der Waals surface area contributed by atoms with Crippen LogP contribution in [0.4, 0.5) is 9.59 Å². The lowest BCUT2D eigenvalue weighted by molar-refractivity contribution is 0.101. The fourth-order valence-electron chi connectivity index (χ4n) is 3.74. The molecular formula is C28H34N4O3. The van der Waals surface area contributed by atoms with E-state index in [1.165, 1.54) is 5.56 Å². The summed E-state index contributed by atoms with van der Waals surface area (Å²) < 4.78 is 5.43. The van der Waals surface area contributed by atoms with Crippen LogP contribution in [0.1, 0.15) is 36.5 Å². The number of rotatable bonds is 11. The molecule has 3 aromatic rings. The highest BCUT2D eigenvalue weighted by atomic mass is 16.6. The Morgan fingerprint density at radius 2 is 1.60 bits per heavy atom. The smallest absolute Gasteiger partial charge is 0.409 e. The van der Waals surface area contributed by atoms with Crippen molar-refractivity contribution in [2.75, 3.05) is 20.1 Å². The molecule has 0 aliphatic heterocycles. The molecule has 3 rings (SSSR count). The van der Waals surface area contributed by atoms with E-state index in [1.807, 2.05) is 79.7 Å². The molecule has 184 valence electrons. The van der Waals surface area contributed by atoms with Gasteiger partial charge >= 0.3 is 12.1 Å². The molecule has 1 aromatic heterocycles. The molecular weight excluding hydrogens is 440 g/mol. The number of hydrogen-bond acceptors (Lipinski definition) is 4. The van der Waals surface area contributed by atoms with E-state index in [-0.39, 0.29) is 12.6 Å². The number of hydrogen-bond donors (Lipinski definition) is 2. The Hall–Kier alpha value is -3.87. The zero-order chi connectivity index (χ0) is 24.9. The van der Waals surface area contributed by atoms with Crippen molar-refractivity contribution in [3.8, 4) is 0 Å². The summed E-state index contributed by atoms with van der Waals surface area (Å²) in [6.07, 6.45) is 5.37. The largest absolute Gasteiger partial charge is 0.445 e. The van der Waals surface area contributed by atoms with Gasteiger partial charge in [0.2, 0.25) is 0 Å². The first-order valence-corrected chi connectivity index (χ1v) is 11.9.